The molecule has 0 bridgehead atoms. The number of anilines is 1. The lowest BCUT2D eigenvalue weighted by Gasteiger charge is -2.19. The van der Waals surface area contributed by atoms with Gasteiger partial charge in [0.15, 0.2) is 5.69 Å². The molecule has 0 saturated carbocycles. The second-order valence-corrected chi connectivity index (χ2v) is 13.7. The number of benzene rings is 3. The number of aromatic hydroxyl groups is 1. The van der Waals surface area contributed by atoms with Gasteiger partial charge in [-0.1, -0.05) is 35.6 Å². The summed E-state index contributed by atoms with van der Waals surface area (Å²) in [6.45, 7) is 5.56. The Balaban J connectivity index is 0.000000908. The lowest BCUT2D eigenvalue weighted by molar-refractivity contribution is -0.506. The summed E-state index contributed by atoms with van der Waals surface area (Å²) in [7, 11) is 0. The third-order valence-corrected chi connectivity index (χ3v) is 8.69. The van der Waals surface area contributed by atoms with Crippen molar-refractivity contribution in [1.29, 1.82) is 0 Å². The van der Waals surface area contributed by atoms with Crippen LogP contribution in [0.1, 0.15) is 51.5 Å². The van der Waals surface area contributed by atoms with Crippen LogP contribution in [0.25, 0.3) is 4.96 Å². The maximum atomic E-state index is 13.6. The van der Waals surface area contributed by atoms with Crippen LogP contribution in [-0.2, 0) is 40.0 Å². The number of urea groups is 1. The minimum atomic E-state index is -5.19. The minimum absolute atomic E-state index is 0.0224. The maximum absolute atomic E-state index is 13.6. The summed E-state index contributed by atoms with van der Waals surface area (Å²) in [5, 5.41) is 26.7. The zero-order valence-electron chi connectivity index (χ0n) is 29.8. The fourth-order valence-electron chi connectivity index (χ4n) is 5.13. The Labute approximate surface area is 319 Å². The van der Waals surface area contributed by atoms with Crippen molar-refractivity contribution in [1.82, 2.24) is 15.2 Å². The molecule has 2 heterocycles. The molecule has 0 spiro atoms. The van der Waals surface area contributed by atoms with Crippen molar-refractivity contribution in [3.63, 3.8) is 0 Å². The molecule has 0 aliphatic heterocycles. The average Bonchev–Trinajstić information content (AvgIpc) is 3.63. The van der Waals surface area contributed by atoms with E-state index < -0.39 is 47.8 Å². The molecule has 56 heavy (non-hydrogen) atoms. The molecule has 12 nitrogen and oxygen atoms in total. The fourth-order valence-corrected chi connectivity index (χ4v) is 6.09. The third kappa shape index (κ3) is 12.2. The first kappa shape index (κ1) is 42.6. The van der Waals surface area contributed by atoms with Crippen molar-refractivity contribution in [2.24, 2.45) is 0 Å². The van der Waals surface area contributed by atoms with E-state index in [1.54, 1.807) is 32.0 Å². The summed E-state index contributed by atoms with van der Waals surface area (Å²) >= 11 is 1.47. The number of carbonyl (C=O) groups is 4. The summed E-state index contributed by atoms with van der Waals surface area (Å²) < 4.78 is 80.7. The van der Waals surface area contributed by atoms with Crippen molar-refractivity contribution in [3.8, 4) is 5.75 Å². The number of carbonyl (C=O) groups excluding carboxylic acids is 4. The Morgan fingerprint density at radius 3 is 2.16 bits per heavy atom. The summed E-state index contributed by atoms with van der Waals surface area (Å²) in [6.07, 6.45) is -6.17. The summed E-state index contributed by atoms with van der Waals surface area (Å²) in [5.74, 6) is -3.96. The molecule has 0 radical (unpaired) electrons. The topological polar surface area (TPSA) is 166 Å². The highest BCUT2D eigenvalue weighted by molar-refractivity contribution is 7.16. The molecule has 19 heteroatoms. The van der Waals surface area contributed by atoms with Gasteiger partial charge in [-0.05, 0) is 80.4 Å². The van der Waals surface area contributed by atoms with Crippen molar-refractivity contribution >= 4 is 45.9 Å². The van der Waals surface area contributed by atoms with Gasteiger partial charge in [0.05, 0.1) is 23.8 Å². The SMILES string of the molecule is Cc1c[n+]2cc(CNC(=O)[C@H](Cc3ccc(O)cc3)NC(=O)Nc3ccc(C(=O)OC(C)C)cc3)n(Cc3cccc(C(F)(F)F)c3)c2s1.O=C([O-])C(F)(F)F. The number of carboxylic acids is 1. The number of phenolic OH excluding ortho intramolecular Hbond substituents is 1. The van der Waals surface area contributed by atoms with Gasteiger partial charge in [-0.15, -0.1) is 0 Å². The first-order chi connectivity index (χ1) is 26.2. The summed E-state index contributed by atoms with van der Waals surface area (Å²) in [4.78, 5) is 49.4. The predicted molar refractivity (Wildman–Crippen MR) is 188 cm³/mol. The van der Waals surface area contributed by atoms with Gasteiger partial charge in [-0.2, -0.15) is 30.7 Å². The van der Waals surface area contributed by atoms with E-state index in [-0.39, 0.29) is 31.4 Å². The van der Waals surface area contributed by atoms with E-state index in [2.05, 4.69) is 16.0 Å². The van der Waals surface area contributed by atoms with Crippen molar-refractivity contribution in [3.05, 3.63) is 118 Å². The van der Waals surface area contributed by atoms with Gasteiger partial charge in [0, 0.05) is 17.0 Å². The number of alkyl halides is 6. The van der Waals surface area contributed by atoms with E-state index in [0.717, 1.165) is 22.0 Å². The number of hydrogen-bond acceptors (Lipinski definition) is 8. The smallest absolute Gasteiger partial charge is 0.430 e. The number of imidazole rings is 1. The van der Waals surface area contributed by atoms with E-state index in [4.69, 9.17) is 14.6 Å². The Kier molecular flexibility index (Phi) is 13.7. The number of ether oxygens (including phenoxy) is 1. The first-order valence-electron chi connectivity index (χ1n) is 16.6. The number of halogens is 6. The second kappa shape index (κ2) is 18.0. The predicted octanol–water partition coefficient (Wildman–Crippen LogP) is 5.28. The number of aryl methyl sites for hydroxylation is 1. The standard InChI is InChI=1S/C35H34F3N5O5S.C2HF3O2/c1-21(2)48-32(46)25-9-11-27(12-10-25)40-33(47)41-30(16-23-7-13-29(44)14-8-23)31(45)39-17-28-20-42-18-22(3)49-34(42)43(28)19-24-5-4-6-26(15-24)35(36,37)38;3-2(4,5)1(6)7/h4-15,18,20-21,30H,16-17,19H2,1-3H3,(H3-,39,40,41,44,45,46,47);(H,6,7)/t30-;/m0./s1. The normalized spacial score (nSPS) is 12.0. The van der Waals surface area contributed by atoms with Crippen LogP contribution < -0.4 is 25.5 Å². The quantitative estimate of drug-likeness (QED) is 0.0801. The number of aliphatic carboxylic acids is 1. The Hall–Kier alpha value is -6.11. The molecule has 4 N–H and O–H groups in total. The van der Waals surface area contributed by atoms with Gasteiger partial charge in [-0.25, -0.2) is 14.2 Å². The minimum Gasteiger partial charge on any atom is -0.542 e. The lowest BCUT2D eigenvalue weighted by Crippen LogP contribution is -2.49. The number of hydrogen-bond donors (Lipinski definition) is 4. The molecule has 1 atom stereocenters. The Morgan fingerprint density at radius 1 is 0.929 bits per heavy atom. The van der Waals surface area contributed by atoms with Crippen LogP contribution in [0.4, 0.5) is 36.8 Å². The maximum Gasteiger partial charge on any atom is 0.430 e. The number of thiazole rings is 1. The molecular weight excluding hydrogens is 772 g/mol. The molecule has 0 fully saturated rings. The lowest BCUT2D eigenvalue weighted by atomic mass is 10.0. The monoisotopic (exact) mass is 807 g/mol. The van der Waals surface area contributed by atoms with Crippen LogP contribution in [0, 0.1) is 6.92 Å². The van der Waals surface area contributed by atoms with Crippen LogP contribution in [0.15, 0.2) is 85.2 Å². The highest BCUT2D eigenvalue weighted by atomic mass is 32.1. The van der Waals surface area contributed by atoms with Crippen molar-refractivity contribution in [2.45, 2.75) is 64.8 Å². The Morgan fingerprint density at radius 2 is 1.57 bits per heavy atom. The van der Waals surface area contributed by atoms with E-state index >= 15 is 0 Å². The van der Waals surface area contributed by atoms with Gasteiger partial charge < -0.3 is 35.7 Å². The van der Waals surface area contributed by atoms with Crippen LogP contribution in [0.2, 0.25) is 0 Å². The molecule has 2 aromatic heterocycles. The van der Waals surface area contributed by atoms with Crippen molar-refractivity contribution < 1.29 is 64.9 Å². The molecule has 5 aromatic rings. The number of amides is 3. The number of carboxylic acid groups (broad SMARTS) is 1. The van der Waals surface area contributed by atoms with E-state index in [1.807, 2.05) is 28.3 Å². The molecule has 0 aliphatic rings. The zero-order chi connectivity index (χ0) is 41.4. The van der Waals surface area contributed by atoms with E-state index in [1.165, 1.54) is 53.8 Å². The van der Waals surface area contributed by atoms with Gasteiger partial charge in [-0.3, -0.25) is 4.79 Å². The molecule has 3 amide bonds. The third-order valence-electron chi connectivity index (χ3n) is 7.65. The average molecular weight is 808 g/mol. The number of rotatable bonds is 11. The molecular formula is C37H35F6N5O7S. The highest BCUT2D eigenvalue weighted by Gasteiger charge is 2.31. The number of nitrogens with zero attached hydrogens (tertiary/aromatic N) is 2. The number of esters is 1. The molecule has 0 aliphatic carbocycles. The molecule has 0 unspecified atom stereocenters. The molecule has 5 rings (SSSR count). The molecule has 298 valence electrons. The Bertz CT molecular complexity index is 2170. The van der Waals surface area contributed by atoms with E-state index in [0.29, 0.717) is 28.1 Å². The number of aromatic nitrogens is 2. The van der Waals surface area contributed by atoms with Gasteiger partial charge >= 0.3 is 29.3 Å². The fraction of sp³-hybridized carbons (Fsp3) is 0.270. The second-order valence-electron chi connectivity index (χ2n) is 12.5. The summed E-state index contributed by atoms with van der Waals surface area (Å²) in [5.41, 5.74) is 1.70. The number of nitrogens with one attached hydrogen (secondary N) is 3. The number of phenols is 1. The first-order valence-corrected chi connectivity index (χ1v) is 17.4. The van der Waals surface area contributed by atoms with Gasteiger partial charge in [0.1, 0.15) is 36.7 Å². The van der Waals surface area contributed by atoms with E-state index in [9.17, 15) is 45.8 Å². The van der Waals surface area contributed by atoms with Crippen LogP contribution in [-0.4, -0.2) is 51.9 Å². The van der Waals surface area contributed by atoms with Crippen LogP contribution >= 0.6 is 11.3 Å². The summed E-state index contributed by atoms with van der Waals surface area (Å²) in [6, 6.07) is 15.7. The zero-order valence-corrected chi connectivity index (χ0v) is 30.6. The number of fused-ring (bicyclic) bond motifs is 1. The van der Waals surface area contributed by atoms with Crippen molar-refractivity contribution in [2.75, 3.05) is 5.32 Å². The molecule has 3 aromatic carbocycles. The van der Waals surface area contributed by atoms with Gasteiger partial charge in [0.25, 0.3) is 0 Å². The molecule has 0 saturated heterocycles. The largest absolute Gasteiger partial charge is 0.542 e. The highest BCUT2D eigenvalue weighted by Crippen LogP contribution is 2.30. The van der Waals surface area contributed by atoms with Gasteiger partial charge in [0.2, 0.25) is 5.91 Å². The van der Waals surface area contributed by atoms with Crippen LogP contribution in [0.3, 0.4) is 0 Å². The van der Waals surface area contributed by atoms with Crippen LogP contribution in [0.5, 0.6) is 5.75 Å².